The molecule has 30 heavy (non-hydrogen) atoms. The molecule has 1 aromatic carbocycles. The maximum atomic E-state index is 12.7. The van der Waals surface area contributed by atoms with Gasteiger partial charge in [0, 0.05) is 10.2 Å². The second-order valence-corrected chi connectivity index (χ2v) is 9.87. The minimum Gasteiger partial charge on any atom is -0.454 e. The molecule has 1 aromatic rings. The Labute approximate surface area is 195 Å². The van der Waals surface area contributed by atoms with Crippen LogP contribution in [0.15, 0.2) is 22.7 Å². The Bertz CT molecular complexity index is 913. The molecule has 0 radical (unpaired) electrons. The van der Waals surface area contributed by atoms with Crippen molar-refractivity contribution < 1.29 is 23.9 Å². The normalized spacial score (nSPS) is 31.8. The molecule has 3 aliphatic rings. The number of likely N-dealkylation sites (tertiary alicyclic amines) is 1. The van der Waals surface area contributed by atoms with Gasteiger partial charge in [-0.25, -0.2) is 0 Å². The molecule has 11 heteroatoms. The van der Waals surface area contributed by atoms with Crippen LogP contribution in [-0.2, 0) is 23.9 Å². The molecule has 1 N–H and O–H groups in total. The summed E-state index contributed by atoms with van der Waals surface area (Å²) in [6.07, 6.45) is 0.647. The van der Waals surface area contributed by atoms with Gasteiger partial charge in [-0.1, -0.05) is 11.6 Å². The van der Waals surface area contributed by atoms with Gasteiger partial charge in [-0.05, 0) is 52.4 Å². The summed E-state index contributed by atoms with van der Waals surface area (Å²) >= 11 is 21.8. The Morgan fingerprint density at radius 2 is 1.73 bits per heavy atom. The number of esters is 1. The van der Waals surface area contributed by atoms with E-state index in [2.05, 4.69) is 21.2 Å². The number of rotatable bonds is 5. The van der Waals surface area contributed by atoms with Crippen LogP contribution in [0.2, 0.25) is 5.02 Å². The second kappa shape index (κ2) is 8.30. The summed E-state index contributed by atoms with van der Waals surface area (Å²) in [5, 5.41) is 2.22. The number of alkyl halides is 2. The molecule has 6 atom stereocenters. The number of fused-ring (bicyclic) bond motifs is 5. The summed E-state index contributed by atoms with van der Waals surface area (Å²) in [4.78, 5) is 50.5. The van der Waals surface area contributed by atoms with Gasteiger partial charge in [0.25, 0.3) is 5.91 Å². The quantitative estimate of drug-likeness (QED) is 0.354. The number of hydrogen-bond acceptors (Lipinski definition) is 5. The first kappa shape index (κ1) is 21.9. The highest BCUT2D eigenvalue weighted by atomic mass is 79.9. The molecule has 0 spiro atoms. The molecule has 1 saturated heterocycles. The molecule has 7 nitrogen and oxygen atoms in total. The molecule has 0 unspecified atom stereocenters. The third-order valence-electron chi connectivity index (χ3n) is 5.93. The Hall–Kier alpha value is -1.35. The van der Waals surface area contributed by atoms with Crippen LogP contribution in [0.3, 0.4) is 0 Å². The van der Waals surface area contributed by atoms with Crippen molar-refractivity contribution in [3.8, 4) is 0 Å². The minimum atomic E-state index is -0.849. The Balaban J connectivity index is 1.31. The lowest BCUT2D eigenvalue weighted by Gasteiger charge is -2.28. The number of halogens is 4. The average Bonchev–Trinajstić information content (AvgIpc) is 3.30. The lowest BCUT2D eigenvalue weighted by atomic mass is 9.80. The van der Waals surface area contributed by atoms with Crippen LogP contribution in [0.1, 0.15) is 6.42 Å². The van der Waals surface area contributed by atoms with E-state index in [1.165, 1.54) is 6.07 Å². The lowest BCUT2D eigenvalue weighted by Crippen LogP contribution is -2.38. The summed E-state index contributed by atoms with van der Waals surface area (Å²) in [6.45, 7) is -1.10. The highest BCUT2D eigenvalue weighted by Crippen LogP contribution is 2.59. The standard InChI is InChI=1S/C19H16BrCl3N2O5/c20-10-2-1-7(3-11(10)21)24-12(26)6-30-13(27)5-25-18(28)14-8-4-9(15(14)19(25)29)17(23)16(8)22/h1-3,8-9,14-17H,4-6H2,(H,24,26)/t8-,9-,14-,15-,16-,17+/m1/s1. The molecule has 3 amide bonds. The summed E-state index contributed by atoms with van der Waals surface area (Å²) in [5.74, 6) is -3.65. The van der Waals surface area contributed by atoms with Crippen molar-refractivity contribution in [2.24, 2.45) is 23.7 Å². The zero-order chi connectivity index (χ0) is 21.7. The Morgan fingerprint density at radius 3 is 2.30 bits per heavy atom. The van der Waals surface area contributed by atoms with Crippen molar-refractivity contribution in [1.82, 2.24) is 4.90 Å². The molecule has 160 valence electrons. The average molecular weight is 539 g/mol. The Morgan fingerprint density at radius 1 is 1.13 bits per heavy atom. The van der Waals surface area contributed by atoms with Crippen molar-refractivity contribution in [2.75, 3.05) is 18.5 Å². The largest absolute Gasteiger partial charge is 0.454 e. The molecule has 2 aliphatic carbocycles. The first-order chi connectivity index (χ1) is 14.2. The summed E-state index contributed by atoms with van der Waals surface area (Å²) in [7, 11) is 0. The SMILES string of the molecule is O=C(COC(=O)CN1C(=O)[C@@H]2[C@H]3C[C@@H]([C@@H](Cl)[C@H]3Cl)[C@H]2C1=O)Nc1ccc(Br)c(Cl)c1. The van der Waals surface area contributed by atoms with Gasteiger partial charge in [-0.15, -0.1) is 23.2 Å². The van der Waals surface area contributed by atoms with Gasteiger partial charge in [0.15, 0.2) is 6.61 Å². The third-order valence-corrected chi connectivity index (χ3v) is 8.48. The topological polar surface area (TPSA) is 92.8 Å². The molecule has 0 aromatic heterocycles. The molecule has 1 heterocycles. The smallest absolute Gasteiger partial charge is 0.326 e. The van der Waals surface area contributed by atoms with Crippen LogP contribution in [0.5, 0.6) is 0 Å². The number of imide groups is 1. The summed E-state index contributed by atoms with van der Waals surface area (Å²) in [6, 6.07) is 4.82. The van der Waals surface area contributed by atoms with Crippen molar-refractivity contribution in [1.29, 1.82) is 0 Å². The molecule has 2 saturated carbocycles. The van der Waals surface area contributed by atoms with Gasteiger partial charge in [-0.2, -0.15) is 0 Å². The first-order valence-corrected chi connectivity index (χ1v) is 11.3. The fraction of sp³-hybridized carbons (Fsp3) is 0.474. The molecular weight excluding hydrogens is 522 g/mol. The van der Waals surface area contributed by atoms with E-state index in [1.807, 2.05) is 0 Å². The fourth-order valence-corrected chi connectivity index (χ4v) is 5.98. The lowest BCUT2D eigenvalue weighted by molar-refractivity contribution is -0.154. The summed E-state index contributed by atoms with van der Waals surface area (Å²) in [5.41, 5.74) is 0.434. The van der Waals surface area contributed by atoms with Gasteiger partial charge in [0.2, 0.25) is 11.8 Å². The van der Waals surface area contributed by atoms with Gasteiger partial charge in [-0.3, -0.25) is 24.1 Å². The number of carbonyl (C=O) groups excluding carboxylic acids is 4. The zero-order valence-corrected chi connectivity index (χ0v) is 19.2. The highest BCUT2D eigenvalue weighted by Gasteiger charge is 2.66. The molecule has 3 fully saturated rings. The minimum absolute atomic E-state index is 0.162. The van der Waals surface area contributed by atoms with Crippen LogP contribution < -0.4 is 5.32 Å². The van der Waals surface area contributed by atoms with Crippen molar-refractivity contribution in [3.63, 3.8) is 0 Å². The van der Waals surface area contributed by atoms with Gasteiger partial charge >= 0.3 is 5.97 Å². The van der Waals surface area contributed by atoms with E-state index >= 15 is 0 Å². The van der Waals surface area contributed by atoms with Crippen LogP contribution in [0.4, 0.5) is 5.69 Å². The second-order valence-electron chi connectivity index (χ2n) is 7.60. The number of benzene rings is 1. The van der Waals surface area contributed by atoms with Crippen LogP contribution in [0.25, 0.3) is 0 Å². The number of nitrogens with one attached hydrogen (secondary N) is 1. The van der Waals surface area contributed by atoms with E-state index in [4.69, 9.17) is 39.5 Å². The zero-order valence-electron chi connectivity index (χ0n) is 15.3. The van der Waals surface area contributed by atoms with E-state index in [9.17, 15) is 19.2 Å². The number of nitrogens with zero attached hydrogens (tertiary/aromatic N) is 1. The predicted octanol–water partition coefficient (Wildman–Crippen LogP) is 3.05. The van der Waals surface area contributed by atoms with Crippen LogP contribution >= 0.6 is 50.7 Å². The van der Waals surface area contributed by atoms with E-state index in [0.29, 0.717) is 21.6 Å². The van der Waals surface area contributed by atoms with Crippen molar-refractivity contribution in [3.05, 3.63) is 27.7 Å². The van der Waals surface area contributed by atoms with Crippen LogP contribution in [-0.4, -0.2) is 52.5 Å². The number of hydrogen-bond donors (Lipinski definition) is 1. The number of carbonyl (C=O) groups is 4. The van der Waals surface area contributed by atoms with E-state index < -0.39 is 48.7 Å². The number of amides is 3. The Kier molecular flexibility index (Phi) is 6.05. The van der Waals surface area contributed by atoms with E-state index in [1.54, 1.807) is 12.1 Å². The van der Waals surface area contributed by atoms with Crippen molar-refractivity contribution in [2.45, 2.75) is 17.2 Å². The number of anilines is 1. The monoisotopic (exact) mass is 536 g/mol. The highest BCUT2D eigenvalue weighted by molar-refractivity contribution is 9.10. The third kappa shape index (κ3) is 3.72. The van der Waals surface area contributed by atoms with E-state index in [-0.39, 0.29) is 22.6 Å². The first-order valence-electron chi connectivity index (χ1n) is 9.23. The van der Waals surface area contributed by atoms with E-state index in [0.717, 1.165) is 4.90 Å². The van der Waals surface area contributed by atoms with Gasteiger partial charge < -0.3 is 10.1 Å². The maximum absolute atomic E-state index is 12.7. The van der Waals surface area contributed by atoms with Crippen molar-refractivity contribution >= 4 is 80.1 Å². The molecular formula is C19H16BrCl3N2O5. The number of ether oxygens (including phenoxy) is 1. The van der Waals surface area contributed by atoms with Crippen LogP contribution in [0, 0.1) is 23.7 Å². The summed E-state index contributed by atoms with van der Waals surface area (Å²) < 4.78 is 5.60. The molecule has 2 bridgehead atoms. The van der Waals surface area contributed by atoms with Gasteiger partial charge in [0.05, 0.1) is 27.6 Å². The fourth-order valence-electron chi connectivity index (χ4n) is 4.66. The van der Waals surface area contributed by atoms with Gasteiger partial charge in [0.1, 0.15) is 6.54 Å². The maximum Gasteiger partial charge on any atom is 0.326 e. The molecule has 1 aliphatic heterocycles. The molecule has 4 rings (SSSR count). The predicted molar refractivity (Wildman–Crippen MR) is 113 cm³/mol.